The molecule has 0 bridgehead atoms. The van der Waals surface area contributed by atoms with Crippen molar-refractivity contribution in [1.82, 2.24) is 0 Å². The molecule has 5 heteroatoms. The third kappa shape index (κ3) is 26.7. The van der Waals surface area contributed by atoms with E-state index in [-0.39, 0.29) is 4.90 Å². The van der Waals surface area contributed by atoms with Gasteiger partial charge < -0.3 is 4.48 Å². The normalized spacial score (nSPS) is 11.8. The van der Waals surface area contributed by atoms with Gasteiger partial charge in [-0.25, -0.2) is 0 Å². The maximum atomic E-state index is 10.4. The summed E-state index contributed by atoms with van der Waals surface area (Å²) in [6, 6.07) is 7.42. The summed E-state index contributed by atoms with van der Waals surface area (Å²) < 4.78 is 30.6. The molecule has 0 fully saturated rings. The van der Waals surface area contributed by atoms with Crippen LogP contribution in [0.1, 0.15) is 175 Å². The first kappa shape index (κ1) is 41.1. The van der Waals surface area contributed by atoms with Gasteiger partial charge in [0.05, 0.1) is 31.6 Å². The van der Waals surface area contributed by atoms with E-state index in [0.29, 0.717) is 0 Å². The van der Waals surface area contributed by atoms with Gasteiger partial charge in [-0.15, -0.1) is 0 Å². The molecule has 42 heavy (non-hydrogen) atoms. The van der Waals surface area contributed by atoms with Crippen molar-refractivity contribution in [1.29, 1.82) is 0 Å². The summed E-state index contributed by atoms with van der Waals surface area (Å²) in [4.78, 5) is -0.0741. The van der Waals surface area contributed by atoms with E-state index in [1.807, 2.05) is 0 Å². The summed E-state index contributed by atoms with van der Waals surface area (Å²) in [6.07, 6.45) is 34.8. The molecule has 0 aliphatic rings. The molecule has 0 heterocycles. The second-order valence-electron chi connectivity index (χ2n) is 13.0. The van der Waals surface area contributed by atoms with Gasteiger partial charge in [-0.3, -0.25) is 4.55 Å². The zero-order chi connectivity index (χ0) is 31.2. The molecule has 0 saturated heterocycles. The summed E-state index contributed by atoms with van der Waals surface area (Å²) >= 11 is 0. The summed E-state index contributed by atoms with van der Waals surface area (Å²) in [7, 11) is -1.42. The lowest BCUT2D eigenvalue weighted by molar-refractivity contribution is -0.910. The Morgan fingerprint density at radius 2 is 0.738 bits per heavy atom. The second-order valence-corrected chi connectivity index (χ2v) is 14.4. The Bertz CT molecular complexity index is 731. The minimum atomic E-state index is -4.00. The second kappa shape index (κ2) is 28.8. The first-order valence-corrected chi connectivity index (χ1v) is 19.6. The quantitative estimate of drug-likeness (QED) is 0.0583. The fourth-order valence-corrected chi connectivity index (χ4v) is 6.31. The summed E-state index contributed by atoms with van der Waals surface area (Å²) in [5.41, 5.74) is 0. The monoisotopic (exact) mass is 611 g/mol. The Hall–Kier alpha value is -0.910. The average molecular weight is 611 g/mol. The number of unbranched alkanes of at least 4 members (excludes halogenated alkanes) is 21. The summed E-state index contributed by atoms with van der Waals surface area (Å²) in [5.74, 6) is 0. The van der Waals surface area contributed by atoms with Gasteiger partial charge in [0, 0.05) is 0 Å². The molecule has 0 aliphatic carbocycles. The van der Waals surface area contributed by atoms with Crippen LogP contribution in [0.5, 0.6) is 0 Å². The first-order chi connectivity index (χ1) is 20.3. The predicted octanol–water partition coefficient (Wildman–Crippen LogP) is 11.8. The van der Waals surface area contributed by atoms with Crippen molar-refractivity contribution >= 4 is 10.1 Å². The standard InChI is InChI=1S/C31H66N.C6H6O3S/c1-5-8-11-14-17-20-23-26-29-32(4,30-27-24-21-18-15-12-9-6-2)31-28-25-22-19-16-13-10-7-3;7-10(8,9)6-4-2-1-3-5-6/h5-31H2,1-4H3;1-5H,(H,7,8,9)/q+1;. The molecule has 0 saturated carbocycles. The van der Waals surface area contributed by atoms with Gasteiger partial charge in [0.1, 0.15) is 0 Å². The Labute approximate surface area is 263 Å². The van der Waals surface area contributed by atoms with Gasteiger partial charge in [0.25, 0.3) is 10.1 Å². The minimum absolute atomic E-state index is 0.0741. The maximum absolute atomic E-state index is 10.4. The number of hydrogen-bond acceptors (Lipinski definition) is 2. The average Bonchev–Trinajstić information content (AvgIpc) is 2.98. The van der Waals surface area contributed by atoms with Crippen LogP contribution in [-0.2, 0) is 10.1 Å². The number of quaternary nitrogens is 1. The van der Waals surface area contributed by atoms with Crippen LogP contribution in [0.25, 0.3) is 0 Å². The van der Waals surface area contributed by atoms with E-state index in [0.717, 1.165) is 0 Å². The van der Waals surface area contributed by atoms with E-state index in [2.05, 4.69) is 27.8 Å². The molecule has 0 unspecified atom stereocenters. The molecule has 1 aromatic rings. The SMILES string of the molecule is CCCCCCCCCC[N+](C)(CCCCCCCCCC)CCCCCCCCCC.O=S(=O)(O)c1ccccc1. The zero-order valence-corrected chi connectivity index (χ0v) is 29.4. The van der Waals surface area contributed by atoms with E-state index < -0.39 is 10.1 Å². The molecule has 0 aliphatic heterocycles. The van der Waals surface area contributed by atoms with Gasteiger partial charge in [-0.05, 0) is 50.7 Å². The number of hydrogen-bond donors (Lipinski definition) is 1. The molecule has 0 atom stereocenters. The third-order valence-electron chi connectivity index (χ3n) is 8.70. The Morgan fingerprint density at radius 3 is 0.976 bits per heavy atom. The molecule has 1 N–H and O–H groups in total. The molecule has 0 spiro atoms. The predicted molar refractivity (Wildman–Crippen MR) is 185 cm³/mol. The number of rotatable bonds is 28. The summed E-state index contributed by atoms with van der Waals surface area (Å²) in [6.45, 7) is 11.2. The van der Waals surface area contributed by atoms with Crippen LogP contribution >= 0.6 is 0 Å². The molecule has 1 rings (SSSR count). The lowest BCUT2D eigenvalue weighted by Gasteiger charge is -2.35. The highest BCUT2D eigenvalue weighted by atomic mass is 32.2. The van der Waals surface area contributed by atoms with Crippen molar-refractivity contribution in [3.05, 3.63) is 30.3 Å². The van der Waals surface area contributed by atoms with Crippen molar-refractivity contribution in [2.75, 3.05) is 26.7 Å². The number of nitrogens with zero attached hydrogens (tertiary/aromatic N) is 1. The van der Waals surface area contributed by atoms with Crippen molar-refractivity contribution in [3.8, 4) is 0 Å². The van der Waals surface area contributed by atoms with E-state index in [9.17, 15) is 8.42 Å². The highest BCUT2D eigenvalue weighted by molar-refractivity contribution is 7.85. The molecule has 1 aromatic carbocycles. The molecular weight excluding hydrogens is 538 g/mol. The van der Waals surface area contributed by atoms with Crippen LogP contribution in [0, 0.1) is 0 Å². The van der Waals surface area contributed by atoms with Gasteiger partial charge in [-0.2, -0.15) is 8.42 Å². The molecule has 248 valence electrons. The van der Waals surface area contributed by atoms with Crippen LogP contribution in [-0.4, -0.2) is 44.1 Å². The molecular formula is C37H72NO3S+. The Morgan fingerprint density at radius 1 is 0.476 bits per heavy atom. The Kier molecular flexibility index (Phi) is 28.2. The molecule has 0 radical (unpaired) electrons. The van der Waals surface area contributed by atoms with E-state index >= 15 is 0 Å². The smallest absolute Gasteiger partial charge is 0.294 e. The van der Waals surface area contributed by atoms with Gasteiger partial charge >= 0.3 is 0 Å². The van der Waals surface area contributed by atoms with E-state index in [1.54, 1.807) is 18.2 Å². The van der Waals surface area contributed by atoms with Gasteiger partial charge in [0.2, 0.25) is 0 Å². The first-order valence-electron chi connectivity index (χ1n) is 18.1. The highest BCUT2D eigenvalue weighted by Crippen LogP contribution is 2.17. The molecule has 4 nitrogen and oxygen atoms in total. The number of benzene rings is 1. The van der Waals surface area contributed by atoms with Gasteiger partial charge in [-0.1, -0.05) is 155 Å². The van der Waals surface area contributed by atoms with Crippen molar-refractivity contribution in [2.45, 2.75) is 180 Å². The largest absolute Gasteiger partial charge is 0.326 e. The zero-order valence-electron chi connectivity index (χ0n) is 28.6. The van der Waals surface area contributed by atoms with Gasteiger partial charge in [0.15, 0.2) is 0 Å². The van der Waals surface area contributed by atoms with Crippen LogP contribution in [0.2, 0.25) is 0 Å². The molecule has 0 aromatic heterocycles. The third-order valence-corrected chi connectivity index (χ3v) is 9.56. The maximum Gasteiger partial charge on any atom is 0.294 e. The van der Waals surface area contributed by atoms with Crippen LogP contribution in [0.3, 0.4) is 0 Å². The van der Waals surface area contributed by atoms with Crippen molar-refractivity contribution < 1.29 is 17.5 Å². The van der Waals surface area contributed by atoms with Crippen molar-refractivity contribution in [2.24, 2.45) is 0 Å². The summed E-state index contributed by atoms with van der Waals surface area (Å²) in [5, 5.41) is 0. The topological polar surface area (TPSA) is 54.4 Å². The van der Waals surface area contributed by atoms with Crippen LogP contribution < -0.4 is 0 Å². The highest BCUT2D eigenvalue weighted by Gasteiger charge is 2.20. The van der Waals surface area contributed by atoms with E-state index in [1.165, 1.54) is 190 Å². The molecule has 0 amide bonds. The van der Waals surface area contributed by atoms with Crippen molar-refractivity contribution in [3.63, 3.8) is 0 Å². The van der Waals surface area contributed by atoms with E-state index in [4.69, 9.17) is 4.55 Å². The van der Waals surface area contributed by atoms with Crippen LogP contribution in [0.15, 0.2) is 35.2 Å². The van der Waals surface area contributed by atoms with Crippen LogP contribution in [0.4, 0.5) is 0 Å². The fourth-order valence-electron chi connectivity index (χ4n) is 5.81. The minimum Gasteiger partial charge on any atom is -0.326 e. The fraction of sp³-hybridized carbons (Fsp3) is 0.838. The Balaban J connectivity index is 0.00000140. The lowest BCUT2D eigenvalue weighted by Crippen LogP contribution is -2.46. The lowest BCUT2D eigenvalue weighted by atomic mass is 10.1.